The van der Waals surface area contributed by atoms with Gasteiger partial charge >= 0.3 is 0 Å². The molecule has 0 bridgehead atoms. The van der Waals surface area contributed by atoms with Crippen LogP contribution in [0.1, 0.15) is 29.3 Å². The fraction of sp³-hybridized carbons (Fsp3) is 0.462. The molecule has 4 heteroatoms. The van der Waals surface area contributed by atoms with E-state index >= 15 is 0 Å². The van der Waals surface area contributed by atoms with Gasteiger partial charge in [0.15, 0.2) is 0 Å². The van der Waals surface area contributed by atoms with Crippen molar-refractivity contribution < 1.29 is 0 Å². The molecule has 1 saturated heterocycles. The van der Waals surface area contributed by atoms with Gasteiger partial charge in [0.2, 0.25) is 0 Å². The highest BCUT2D eigenvalue weighted by atomic mass is 35.5. The van der Waals surface area contributed by atoms with E-state index in [2.05, 4.69) is 30.4 Å². The molecule has 1 aliphatic heterocycles. The SMILES string of the molecule is Cc1ccc2nc(C3CCNCC3)sc2c1.Cl. The van der Waals surface area contributed by atoms with Crippen molar-refractivity contribution in [2.75, 3.05) is 13.1 Å². The first kappa shape index (κ1) is 12.8. The molecule has 2 heterocycles. The van der Waals surface area contributed by atoms with Crippen LogP contribution in [0.2, 0.25) is 0 Å². The lowest BCUT2D eigenvalue weighted by Gasteiger charge is -2.20. The van der Waals surface area contributed by atoms with Crippen LogP contribution in [0.3, 0.4) is 0 Å². The summed E-state index contributed by atoms with van der Waals surface area (Å²) in [6, 6.07) is 6.54. The molecule has 92 valence electrons. The fourth-order valence-corrected chi connectivity index (χ4v) is 3.53. The lowest BCUT2D eigenvalue weighted by atomic mass is 9.99. The van der Waals surface area contributed by atoms with Crippen LogP contribution in [0.15, 0.2) is 18.2 Å². The van der Waals surface area contributed by atoms with E-state index in [0.717, 1.165) is 13.1 Å². The maximum atomic E-state index is 4.77. The van der Waals surface area contributed by atoms with Crippen LogP contribution >= 0.6 is 23.7 Å². The van der Waals surface area contributed by atoms with Gasteiger partial charge in [0.25, 0.3) is 0 Å². The van der Waals surface area contributed by atoms with E-state index in [-0.39, 0.29) is 12.4 Å². The van der Waals surface area contributed by atoms with Crippen LogP contribution in [0, 0.1) is 6.92 Å². The molecule has 1 N–H and O–H groups in total. The molecule has 0 saturated carbocycles. The summed E-state index contributed by atoms with van der Waals surface area (Å²) in [5.41, 5.74) is 2.50. The fourth-order valence-electron chi connectivity index (χ4n) is 2.29. The zero-order valence-corrected chi connectivity index (χ0v) is 11.5. The molecule has 1 aromatic heterocycles. The Labute approximate surface area is 112 Å². The van der Waals surface area contributed by atoms with Gasteiger partial charge in [0.1, 0.15) is 0 Å². The Hall–Kier alpha value is -0.640. The molecule has 0 radical (unpaired) electrons. The third kappa shape index (κ3) is 2.62. The number of hydrogen-bond acceptors (Lipinski definition) is 3. The molecule has 0 atom stereocenters. The van der Waals surface area contributed by atoms with Crippen molar-refractivity contribution in [2.24, 2.45) is 0 Å². The second kappa shape index (κ2) is 5.34. The molecule has 2 nitrogen and oxygen atoms in total. The molecule has 1 fully saturated rings. The molecule has 3 rings (SSSR count). The van der Waals surface area contributed by atoms with Crippen molar-refractivity contribution in [3.63, 3.8) is 0 Å². The van der Waals surface area contributed by atoms with E-state index in [1.54, 1.807) is 0 Å². The van der Waals surface area contributed by atoms with Crippen molar-refractivity contribution in [3.8, 4) is 0 Å². The Morgan fingerprint density at radius 1 is 1.29 bits per heavy atom. The number of rotatable bonds is 1. The van der Waals surface area contributed by atoms with Crippen LogP contribution in [0.5, 0.6) is 0 Å². The first-order valence-electron chi connectivity index (χ1n) is 5.91. The average molecular weight is 269 g/mol. The lowest BCUT2D eigenvalue weighted by molar-refractivity contribution is 0.459. The average Bonchev–Trinajstić information content (AvgIpc) is 2.73. The zero-order chi connectivity index (χ0) is 11.0. The summed E-state index contributed by atoms with van der Waals surface area (Å²) in [5.74, 6) is 0.680. The molecule has 0 aliphatic carbocycles. The van der Waals surface area contributed by atoms with Gasteiger partial charge in [-0.3, -0.25) is 0 Å². The first-order chi connectivity index (χ1) is 7.83. The van der Waals surface area contributed by atoms with E-state index in [9.17, 15) is 0 Å². The first-order valence-corrected chi connectivity index (χ1v) is 6.72. The van der Waals surface area contributed by atoms with Crippen LogP contribution in [0.4, 0.5) is 0 Å². The second-order valence-electron chi connectivity index (χ2n) is 4.55. The molecular weight excluding hydrogens is 252 g/mol. The maximum absolute atomic E-state index is 4.77. The number of fused-ring (bicyclic) bond motifs is 1. The van der Waals surface area contributed by atoms with E-state index in [0.29, 0.717) is 5.92 Å². The van der Waals surface area contributed by atoms with Crippen molar-refractivity contribution >= 4 is 34.0 Å². The summed E-state index contributed by atoms with van der Waals surface area (Å²) in [6.45, 7) is 4.42. The number of aromatic nitrogens is 1. The smallest absolute Gasteiger partial charge is 0.0970 e. The number of aryl methyl sites for hydroxylation is 1. The quantitative estimate of drug-likeness (QED) is 0.856. The van der Waals surface area contributed by atoms with Gasteiger partial charge in [-0.1, -0.05) is 6.07 Å². The van der Waals surface area contributed by atoms with Crippen molar-refractivity contribution in [1.82, 2.24) is 10.3 Å². The zero-order valence-electron chi connectivity index (χ0n) is 9.90. The summed E-state index contributed by atoms with van der Waals surface area (Å²) in [5, 5.41) is 4.74. The van der Waals surface area contributed by atoms with Crippen LogP contribution in [-0.4, -0.2) is 18.1 Å². The highest BCUT2D eigenvalue weighted by Crippen LogP contribution is 2.32. The summed E-state index contributed by atoms with van der Waals surface area (Å²) < 4.78 is 1.34. The Bertz CT molecular complexity index is 503. The molecular formula is C13H17ClN2S. The summed E-state index contributed by atoms with van der Waals surface area (Å²) in [7, 11) is 0. The number of piperidine rings is 1. The number of nitrogens with one attached hydrogen (secondary N) is 1. The van der Waals surface area contributed by atoms with Crippen molar-refractivity contribution in [3.05, 3.63) is 28.8 Å². The van der Waals surface area contributed by atoms with Gasteiger partial charge in [-0.15, -0.1) is 23.7 Å². The molecule has 1 aliphatic rings. The monoisotopic (exact) mass is 268 g/mol. The van der Waals surface area contributed by atoms with Gasteiger partial charge in [0, 0.05) is 5.92 Å². The van der Waals surface area contributed by atoms with E-state index in [4.69, 9.17) is 4.98 Å². The number of nitrogens with zero attached hydrogens (tertiary/aromatic N) is 1. The number of benzene rings is 1. The number of halogens is 1. The van der Waals surface area contributed by atoms with Gasteiger partial charge in [-0.2, -0.15) is 0 Å². The lowest BCUT2D eigenvalue weighted by Crippen LogP contribution is -2.26. The van der Waals surface area contributed by atoms with Gasteiger partial charge in [-0.05, 0) is 50.6 Å². The minimum absolute atomic E-state index is 0. The number of thiazole rings is 1. The predicted octanol–water partition coefficient (Wildman–Crippen LogP) is 3.49. The van der Waals surface area contributed by atoms with E-state index < -0.39 is 0 Å². The molecule has 2 aromatic rings. The third-order valence-electron chi connectivity index (χ3n) is 3.25. The maximum Gasteiger partial charge on any atom is 0.0970 e. The number of hydrogen-bond donors (Lipinski definition) is 1. The topological polar surface area (TPSA) is 24.9 Å². The summed E-state index contributed by atoms with van der Waals surface area (Å²) >= 11 is 1.88. The van der Waals surface area contributed by atoms with Gasteiger partial charge in [-0.25, -0.2) is 4.98 Å². The van der Waals surface area contributed by atoms with E-state index in [1.807, 2.05) is 11.3 Å². The largest absolute Gasteiger partial charge is 0.317 e. The van der Waals surface area contributed by atoms with Crippen molar-refractivity contribution in [1.29, 1.82) is 0 Å². The highest BCUT2D eigenvalue weighted by Gasteiger charge is 2.18. The predicted molar refractivity (Wildman–Crippen MR) is 76.4 cm³/mol. The van der Waals surface area contributed by atoms with Gasteiger partial charge in [0.05, 0.1) is 15.2 Å². The minimum Gasteiger partial charge on any atom is -0.317 e. The standard InChI is InChI=1S/C13H16N2S.ClH/c1-9-2-3-11-12(8-9)16-13(15-11)10-4-6-14-7-5-10;/h2-3,8,10,14H,4-7H2,1H3;1H. The van der Waals surface area contributed by atoms with Crippen LogP contribution in [-0.2, 0) is 0 Å². The Morgan fingerprint density at radius 3 is 2.82 bits per heavy atom. The highest BCUT2D eigenvalue weighted by molar-refractivity contribution is 7.18. The summed E-state index contributed by atoms with van der Waals surface area (Å²) in [6.07, 6.45) is 2.47. The second-order valence-corrected chi connectivity index (χ2v) is 5.61. The molecule has 17 heavy (non-hydrogen) atoms. The molecule has 1 aromatic carbocycles. The normalized spacial score (nSPS) is 17.0. The van der Waals surface area contributed by atoms with Gasteiger partial charge < -0.3 is 5.32 Å². The third-order valence-corrected chi connectivity index (χ3v) is 4.43. The Kier molecular flexibility index (Phi) is 4.02. The summed E-state index contributed by atoms with van der Waals surface area (Å²) in [4.78, 5) is 4.77. The minimum atomic E-state index is 0. The van der Waals surface area contributed by atoms with E-state index in [1.165, 1.54) is 33.6 Å². The Balaban J connectivity index is 0.00000108. The molecule has 0 amide bonds. The van der Waals surface area contributed by atoms with Crippen LogP contribution < -0.4 is 5.32 Å². The molecule has 0 unspecified atom stereocenters. The Morgan fingerprint density at radius 2 is 2.06 bits per heavy atom. The van der Waals surface area contributed by atoms with Crippen molar-refractivity contribution in [2.45, 2.75) is 25.7 Å². The molecule has 0 spiro atoms. The van der Waals surface area contributed by atoms with Crippen LogP contribution in [0.25, 0.3) is 10.2 Å².